The fourth-order valence-corrected chi connectivity index (χ4v) is 4.09. The smallest absolute Gasteiger partial charge is 0.243 e. The van der Waals surface area contributed by atoms with Gasteiger partial charge in [-0.2, -0.15) is 4.31 Å². The second-order valence-corrected chi connectivity index (χ2v) is 7.74. The van der Waals surface area contributed by atoms with Crippen molar-refractivity contribution >= 4 is 15.9 Å². The Morgan fingerprint density at radius 3 is 2.35 bits per heavy atom. The molecule has 0 N–H and O–H groups in total. The molecular formula is C15H22FN3O3S. The van der Waals surface area contributed by atoms with Gasteiger partial charge in [0.25, 0.3) is 0 Å². The van der Waals surface area contributed by atoms with Gasteiger partial charge in [-0.3, -0.25) is 9.69 Å². The van der Waals surface area contributed by atoms with E-state index in [1.165, 1.54) is 27.4 Å². The molecule has 8 heteroatoms. The van der Waals surface area contributed by atoms with Gasteiger partial charge < -0.3 is 4.90 Å². The van der Waals surface area contributed by atoms with Gasteiger partial charge in [-0.05, 0) is 25.1 Å². The average molecular weight is 343 g/mol. The molecule has 0 bridgehead atoms. The first-order valence-electron chi connectivity index (χ1n) is 7.44. The maximum absolute atomic E-state index is 13.3. The van der Waals surface area contributed by atoms with Crippen molar-refractivity contribution in [3.05, 3.63) is 30.1 Å². The Morgan fingerprint density at radius 2 is 1.83 bits per heavy atom. The van der Waals surface area contributed by atoms with Crippen LogP contribution in [0.2, 0.25) is 0 Å². The molecule has 0 aliphatic carbocycles. The van der Waals surface area contributed by atoms with Crippen LogP contribution in [-0.2, 0) is 14.8 Å². The summed E-state index contributed by atoms with van der Waals surface area (Å²) in [4.78, 5) is 15.4. The van der Waals surface area contributed by atoms with Crippen LogP contribution < -0.4 is 0 Å². The zero-order chi connectivity index (χ0) is 17.2. The van der Waals surface area contributed by atoms with Crippen LogP contribution in [0.5, 0.6) is 0 Å². The number of hydrogen-bond donors (Lipinski definition) is 0. The molecule has 1 heterocycles. The molecule has 0 aromatic heterocycles. The number of rotatable bonds is 4. The molecule has 0 radical (unpaired) electrons. The number of carbonyl (C=O) groups excluding carboxylic acids is 1. The second kappa shape index (κ2) is 6.94. The Morgan fingerprint density at radius 1 is 1.22 bits per heavy atom. The van der Waals surface area contributed by atoms with Crippen LogP contribution in [0.1, 0.15) is 6.92 Å². The van der Waals surface area contributed by atoms with Gasteiger partial charge in [0.15, 0.2) is 0 Å². The van der Waals surface area contributed by atoms with Gasteiger partial charge in [0.05, 0.1) is 10.9 Å². The van der Waals surface area contributed by atoms with Crippen molar-refractivity contribution in [3.63, 3.8) is 0 Å². The van der Waals surface area contributed by atoms with Gasteiger partial charge in [0, 0.05) is 40.3 Å². The van der Waals surface area contributed by atoms with Crippen LogP contribution in [0.15, 0.2) is 29.2 Å². The number of carbonyl (C=O) groups is 1. The average Bonchev–Trinajstić information content (AvgIpc) is 2.53. The van der Waals surface area contributed by atoms with Crippen molar-refractivity contribution < 1.29 is 17.6 Å². The van der Waals surface area contributed by atoms with Gasteiger partial charge in [-0.25, -0.2) is 12.8 Å². The first kappa shape index (κ1) is 17.8. The fourth-order valence-electron chi connectivity index (χ4n) is 2.64. The molecule has 0 saturated carbocycles. The van der Waals surface area contributed by atoms with E-state index in [1.807, 2.05) is 11.8 Å². The lowest BCUT2D eigenvalue weighted by Crippen LogP contribution is -2.54. The van der Waals surface area contributed by atoms with Crippen molar-refractivity contribution in [3.8, 4) is 0 Å². The van der Waals surface area contributed by atoms with Crippen LogP contribution in [0.3, 0.4) is 0 Å². The zero-order valence-electron chi connectivity index (χ0n) is 13.6. The second-order valence-electron chi connectivity index (χ2n) is 5.81. The third-order valence-corrected chi connectivity index (χ3v) is 5.95. The number of piperazine rings is 1. The number of sulfonamides is 1. The lowest BCUT2D eigenvalue weighted by molar-refractivity contribution is -0.134. The SMILES string of the molecule is C[C@H](C(=O)N(C)C)N1CCN(S(=O)(=O)c2cccc(F)c2)CC1. The highest BCUT2D eigenvalue weighted by Crippen LogP contribution is 2.19. The van der Waals surface area contributed by atoms with Crippen molar-refractivity contribution in [1.29, 1.82) is 0 Å². The zero-order valence-corrected chi connectivity index (χ0v) is 14.4. The highest BCUT2D eigenvalue weighted by molar-refractivity contribution is 7.89. The maximum atomic E-state index is 13.3. The number of hydrogen-bond acceptors (Lipinski definition) is 4. The third kappa shape index (κ3) is 3.88. The molecule has 1 aliphatic rings. The first-order chi connectivity index (χ1) is 10.7. The Balaban J connectivity index is 2.05. The highest BCUT2D eigenvalue weighted by Gasteiger charge is 2.32. The van der Waals surface area contributed by atoms with Gasteiger partial charge >= 0.3 is 0 Å². The van der Waals surface area contributed by atoms with E-state index in [0.717, 1.165) is 6.07 Å². The molecule has 0 unspecified atom stereocenters. The van der Waals surface area contributed by atoms with Crippen molar-refractivity contribution in [1.82, 2.24) is 14.1 Å². The number of halogens is 1. The lowest BCUT2D eigenvalue weighted by Gasteiger charge is -2.37. The van der Waals surface area contributed by atoms with Crippen LogP contribution in [0, 0.1) is 5.82 Å². The summed E-state index contributed by atoms with van der Waals surface area (Å²) in [5, 5.41) is 0. The van der Waals surface area contributed by atoms with Gasteiger partial charge in [-0.15, -0.1) is 0 Å². The van der Waals surface area contributed by atoms with Crippen LogP contribution in [0.25, 0.3) is 0 Å². The summed E-state index contributed by atoms with van der Waals surface area (Å²) >= 11 is 0. The number of benzene rings is 1. The van der Waals surface area contributed by atoms with Gasteiger partial charge in [0.1, 0.15) is 5.82 Å². The minimum atomic E-state index is -3.70. The van der Waals surface area contributed by atoms with E-state index in [0.29, 0.717) is 13.1 Å². The normalized spacial score (nSPS) is 18.6. The van der Waals surface area contributed by atoms with E-state index < -0.39 is 15.8 Å². The summed E-state index contributed by atoms with van der Waals surface area (Å²) in [6.07, 6.45) is 0. The lowest BCUT2D eigenvalue weighted by atomic mass is 10.2. The van der Waals surface area contributed by atoms with E-state index in [1.54, 1.807) is 14.1 Å². The standard InChI is InChI=1S/C15H22FN3O3S/c1-12(15(20)17(2)3)18-7-9-19(10-8-18)23(21,22)14-6-4-5-13(16)11-14/h4-6,11-12H,7-10H2,1-3H3/t12-/m1/s1. The van der Waals surface area contributed by atoms with Crippen LogP contribution in [-0.4, -0.2) is 74.7 Å². The molecule has 128 valence electrons. The summed E-state index contributed by atoms with van der Waals surface area (Å²) in [6.45, 7) is 3.32. The highest BCUT2D eigenvalue weighted by atomic mass is 32.2. The van der Waals surface area contributed by atoms with Gasteiger partial charge in [0.2, 0.25) is 15.9 Å². The van der Waals surface area contributed by atoms with Crippen LogP contribution in [0.4, 0.5) is 4.39 Å². The first-order valence-corrected chi connectivity index (χ1v) is 8.88. The van der Waals surface area contributed by atoms with E-state index in [4.69, 9.17) is 0 Å². The molecule has 1 saturated heterocycles. The summed E-state index contributed by atoms with van der Waals surface area (Å²) in [7, 11) is -0.303. The Kier molecular flexibility index (Phi) is 5.38. The predicted octanol–water partition coefficient (Wildman–Crippen LogP) is 0.609. The summed E-state index contributed by atoms with van der Waals surface area (Å²) in [6, 6.07) is 4.73. The predicted molar refractivity (Wildman–Crippen MR) is 84.9 cm³/mol. The number of likely N-dealkylation sites (N-methyl/N-ethyl adjacent to an activating group) is 1. The topological polar surface area (TPSA) is 60.9 Å². The molecule has 6 nitrogen and oxygen atoms in total. The van der Waals surface area contributed by atoms with E-state index in [2.05, 4.69) is 0 Å². The minimum Gasteiger partial charge on any atom is -0.347 e. The summed E-state index contributed by atoms with van der Waals surface area (Å²) in [5.41, 5.74) is 0. The van der Waals surface area contributed by atoms with Crippen molar-refractivity contribution in [2.75, 3.05) is 40.3 Å². The Bertz CT molecular complexity index is 670. The maximum Gasteiger partial charge on any atom is 0.243 e. The number of amides is 1. The minimum absolute atomic E-state index is 0.00793. The molecule has 1 amide bonds. The molecule has 1 aromatic rings. The molecule has 2 rings (SSSR count). The van der Waals surface area contributed by atoms with E-state index in [9.17, 15) is 17.6 Å². The molecule has 0 spiro atoms. The van der Waals surface area contributed by atoms with E-state index in [-0.39, 0.29) is 29.9 Å². The summed E-state index contributed by atoms with van der Waals surface area (Å²) < 4.78 is 39.6. The largest absolute Gasteiger partial charge is 0.347 e. The number of nitrogens with zero attached hydrogens (tertiary/aromatic N) is 3. The molecule has 1 aromatic carbocycles. The van der Waals surface area contributed by atoms with Crippen LogP contribution >= 0.6 is 0 Å². The molecule has 1 fully saturated rings. The molecule has 1 atom stereocenters. The van der Waals surface area contributed by atoms with Crippen molar-refractivity contribution in [2.45, 2.75) is 17.9 Å². The van der Waals surface area contributed by atoms with Crippen molar-refractivity contribution in [2.24, 2.45) is 0 Å². The van der Waals surface area contributed by atoms with E-state index >= 15 is 0 Å². The fraction of sp³-hybridized carbons (Fsp3) is 0.533. The molecule has 23 heavy (non-hydrogen) atoms. The molecular weight excluding hydrogens is 321 g/mol. The third-order valence-electron chi connectivity index (χ3n) is 4.05. The molecule has 1 aliphatic heterocycles. The Labute approximate surface area is 136 Å². The summed E-state index contributed by atoms with van der Waals surface area (Å²) in [5.74, 6) is -0.582. The Hall–Kier alpha value is -1.51. The van der Waals surface area contributed by atoms with Gasteiger partial charge in [-0.1, -0.05) is 6.07 Å². The quantitative estimate of drug-likeness (QED) is 0.804. The monoisotopic (exact) mass is 343 g/mol.